The van der Waals surface area contributed by atoms with E-state index in [9.17, 15) is 22.8 Å². The number of hydrogen-bond acceptors (Lipinski definition) is 9. The van der Waals surface area contributed by atoms with Crippen molar-refractivity contribution in [3.05, 3.63) is 82.8 Å². The zero-order chi connectivity index (χ0) is 40.0. The van der Waals surface area contributed by atoms with Gasteiger partial charge in [-0.3, -0.25) is 14.6 Å². The van der Waals surface area contributed by atoms with E-state index < -0.39 is 50.9 Å². The van der Waals surface area contributed by atoms with Crippen molar-refractivity contribution in [3.63, 3.8) is 0 Å². The second-order valence-corrected chi connectivity index (χ2v) is 21.1. The van der Waals surface area contributed by atoms with Crippen molar-refractivity contribution in [1.29, 1.82) is 0 Å². The Morgan fingerprint density at radius 2 is 1.80 bits per heavy atom. The van der Waals surface area contributed by atoms with Crippen LogP contribution in [-0.4, -0.2) is 97.3 Å². The molecule has 0 saturated carbocycles. The summed E-state index contributed by atoms with van der Waals surface area (Å²) in [6.07, 6.45) is -1.33. The molecule has 1 unspecified atom stereocenters. The van der Waals surface area contributed by atoms with Gasteiger partial charge in [0, 0.05) is 26.7 Å². The maximum atomic E-state index is 13.5. The summed E-state index contributed by atoms with van der Waals surface area (Å²) in [6.45, 7) is 8.18. The van der Waals surface area contributed by atoms with Gasteiger partial charge in [0.2, 0.25) is 5.95 Å². The van der Waals surface area contributed by atoms with Gasteiger partial charge in [-0.05, 0) is 28.6 Å². The van der Waals surface area contributed by atoms with Crippen molar-refractivity contribution < 1.29 is 31.9 Å². The van der Waals surface area contributed by atoms with Crippen molar-refractivity contribution >= 4 is 69.5 Å². The predicted molar refractivity (Wildman–Crippen MR) is 216 cm³/mol. The first-order chi connectivity index (χ1) is 26.0. The SMILES string of the molecule is CSS[C@H](C)OC1C[C@H](n2cc(C#CCNC(=O)C(F)(F)F)c3c(=O)[nH]c(N=CN(C)C)nc32)O[C@@H]1CO[Si](c1ccccc1)(c1ccccc1)C(C)(C)C. The first-order valence-corrected chi connectivity index (χ1v) is 22.0. The summed E-state index contributed by atoms with van der Waals surface area (Å²) in [6, 6.07) is 20.6. The van der Waals surface area contributed by atoms with E-state index in [2.05, 4.69) is 71.8 Å². The Balaban J connectivity index is 1.56. The second kappa shape index (κ2) is 17.8. The highest BCUT2D eigenvalue weighted by molar-refractivity contribution is 8.76. The third-order valence-corrected chi connectivity index (χ3v) is 15.8. The number of nitrogens with one attached hydrogen (secondary N) is 2. The van der Waals surface area contributed by atoms with Gasteiger partial charge in [-0.25, -0.2) is 4.99 Å². The molecule has 1 aliphatic rings. The number of hydrogen-bond donors (Lipinski definition) is 2. The number of alkyl halides is 3. The van der Waals surface area contributed by atoms with Crippen LogP contribution in [0, 0.1) is 11.8 Å². The third-order valence-electron chi connectivity index (χ3n) is 8.87. The molecule has 5 rings (SSSR count). The number of carbonyl (C=O) groups is 1. The van der Waals surface area contributed by atoms with Gasteiger partial charge in [0.25, 0.3) is 13.9 Å². The third kappa shape index (κ3) is 9.85. The zero-order valence-electron chi connectivity index (χ0n) is 31.6. The van der Waals surface area contributed by atoms with Crippen LogP contribution in [0.3, 0.4) is 0 Å². The average Bonchev–Trinajstić information content (AvgIpc) is 3.70. The first-order valence-electron chi connectivity index (χ1n) is 17.5. The fraction of sp³-hybridized carbons (Fsp3) is 0.421. The second-order valence-electron chi connectivity index (χ2n) is 14.1. The number of aromatic amines is 1. The van der Waals surface area contributed by atoms with Gasteiger partial charge in [-0.2, -0.15) is 18.2 Å². The van der Waals surface area contributed by atoms with E-state index >= 15 is 0 Å². The molecular formula is C38H45F3N6O5S2Si. The first kappa shape index (κ1) is 42.1. The smallest absolute Gasteiger partial charge is 0.405 e. The van der Waals surface area contributed by atoms with Crippen LogP contribution in [0.2, 0.25) is 5.04 Å². The lowest BCUT2D eigenvalue weighted by molar-refractivity contribution is -0.173. The number of benzene rings is 2. The molecule has 1 amide bonds. The molecule has 0 bridgehead atoms. The van der Waals surface area contributed by atoms with E-state index in [-0.39, 0.29) is 39.6 Å². The molecule has 0 spiro atoms. The Morgan fingerprint density at radius 1 is 1.16 bits per heavy atom. The molecule has 0 radical (unpaired) electrons. The van der Waals surface area contributed by atoms with Crippen LogP contribution < -0.4 is 21.2 Å². The highest BCUT2D eigenvalue weighted by Crippen LogP contribution is 2.40. The summed E-state index contributed by atoms with van der Waals surface area (Å²) < 4.78 is 60.6. The molecule has 1 aliphatic heterocycles. The lowest BCUT2D eigenvalue weighted by atomic mass is 10.2. The maximum Gasteiger partial charge on any atom is 0.471 e. The van der Waals surface area contributed by atoms with E-state index in [4.69, 9.17) is 13.9 Å². The molecule has 4 atom stereocenters. The largest absolute Gasteiger partial charge is 0.471 e. The minimum atomic E-state index is -5.05. The maximum absolute atomic E-state index is 13.5. The van der Waals surface area contributed by atoms with Crippen LogP contribution in [0.15, 0.2) is 76.6 Å². The zero-order valence-corrected chi connectivity index (χ0v) is 34.3. The Bertz CT molecular complexity index is 2040. The molecular weight excluding hydrogens is 770 g/mol. The van der Waals surface area contributed by atoms with E-state index in [1.807, 2.05) is 49.6 Å². The van der Waals surface area contributed by atoms with Crippen molar-refractivity contribution in [2.24, 2.45) is 4.99 Å². The summed E-state index contributed by atoms with van der Waals surface area (Å²) >= 11 is 0. The normalized spacial score (nSPS) is 18.3. The number of carbonyl (C=O) groups excluding carboxylic acids is 1. The number of aromatic nitrogens is 3. The summed E-state index contributed by atoms with van der Waals surface area (Å²) in [5, 5.41) is 3.77. The number of amides is 1. The summed E-state index contributed by atoms with van der Waals surface area (Å²) in [4.78, 5) is 38.1. The van der Waals surface area contributed by atoms with Gasteiger partial charge in [-0.1, -0.05) is 115 Å². The highest BCUT2D eigenvalue weighted by Gasteiger charge is 2.51. The number of rotatable bonds is 13. The minimum Gasteiger partial charge on any atom is -0.405 e. The molecule has 2 aromatic carbocycles. The Morgan fingerprint density at radius 3 is 2.36 bits per heavy atom. The summed E-state index contributed by atoms with van der Waals surface area (Å²) in [5.74, 6) is 3.19. The Labute approximate surface area is 327 Å². The van der Waals surface area contributed by atoms with Crippen molar-refractivity contribution in [1.82, 2.24) is 24.8 Å². The van der Waals surface area contributed by atoms with E-state index in [1.54, 1.807) is 56.7 Å². The monoisotopic (exact) mass is 814 g/mol. The molecule has 294 valence electrons. The van der Waals surface area contributed by atoms with Gasteiger partial charge >= 0.3 is 12.1 Å². The molecule has 2 aromatic heterocycles. The van der Waals surface area contributed by atoms with Crippen LogP contribution in [0.25, 0.3) is 11.0 Å². The van der Waals surface area contributed by atoms with Crippen LogP contribution in [0.5, 0.6) is 0 Å². The van der Waals surface area contributed by atoms with E-state index in [0.29, 0.717) is 6.42 Å². The Kier molecular flexibility index (Phi) is 13.6. The fourth-order valence-electron chi connectivity index (χ4n) is 6.59. The van der Waals surface area contributed by atoms with Gasteiger partial charge in [0.15, 0.2) is 5.65 Å². The van der Waals surface area contributed by atoms with Crippen LogP contribution in [0.4, 0.5) is 19.1 Å². The number of aliphatic imine (C=N–C) groups is 1. The number of fused-ring (bicyclic) bond motifs is 1. The predicted octanol–water partition coefficient (Wildman–Crippen LogP) is 5.58. The number of nitrogens with zero attached hydrogens (tertiary/aromatic N) is 4. The topological polar surface area (TPSA) is 123 Å². The molecule has 11 nitrogen and oxygen atoms in total. The van der Waals surface area contributed by atoms with E-state index in [1.165, 1.54) is 6.34 Å². The van der Waals surface area contributed by atoms with Crippen LogP contribution in [0.1, 0.15) is 45.9 Å². The molecule has 2 N–H and O–H groups in total. The minimum absolute atomic E-state index is 0.0323. The lowest BCUT2D eigenvalue weighted by Gasteiger charge is -2.43. The molecule has 1 fully saturated rings. The lowest BCUT2D eigenvalue weighted by Crippen LogP contribution is -2.67. The van der Waals surface area contributed by atoms with Crippen LogP contribution >= 0.6 is 21.6 Å². The van der Waals surface area contributed by atoms with E-state index in [0.717, 1.165) is 10.4 Å². The van der Waals surface area contributed by atoms with Crippen LogP contribution in [-0.2, 0) is 18.7 Å². The van der Waals surface area contributed by atoms with Crippen molar-refractivity contribution in [2.45, 2.75) is 69.2 Å². The molecule has 17 heteroatoms. The highest BCUT2D eigenvalue weighted by atomic mass is 33.1. The fourth-order valence-corrected chi connectivity index (χ4v) is 12.6. The number of ether oxygens (including phenoxy) is 2. The Hall–Kier alpha value is -4.05. The summed E-state index contributed by atoms with van der Waals surface area (Å²) in [5.41, 5.74) is -0.351. The quantitative estimate of drug-likeness (QED) is 0.0445. The van der Waals surface area contributed by atoms with Crippen molar-refractivity contribution in [2.75, 3.05) is 33.5 Å². The standard InChI is InChI=1S/C38H45F3N6O5S2Si/c1-25(54-53-7)51-29-21-31(52-30(29)23-50-55(37(2,3)4,27-16-10-8-11-17-27)28-18-12-9-13-19-28)47-22-26(15-14-20-42-35(49)38(39,40)41)32-33(47)44-36(45-34(32)48)43-24-46(5)6/h8-13,16-19,22,24-25,29-31H,20-21,23H2,1-7H3,(H,42,49)(H,44,45,48)/t25-,29?,30-,31-/m1/s1. The molecule has 3 heterocycles. The molecule has 4 aromatic rings. The number of H-pyrrole nitrogens is 1. The van der Waals surface area contributed by atoms with Crippen molar-refractivity contribution in [3.8, 4) is 11.8 Å². The van der Waals surface area contributed by atoms with Gasteiger partial charge < -0.3 is 28.7 Å². The summed E-state index contributed by atoms with van der Waals surface area (Å²) in [7, 11) is 3.74. The molecule has 55 heavy (non-hydrogen) atoms. The average molecular weight is 815 g/mol. The van der Waals surface area contributed by atoms with Gasteiger partial charge in [0.1, 0.15) is 17.8 Å². The molecule has 1 saturated heterocycles. The van der Waals surface area contributed by atoms with Gasteiger partial charge in [-0.15, -0.1) is 0 Å². The molecule has 0 aliphatic carbocycles. The van der Waals surface area contributed by atoms with Gasteiger partial charge in [0.05, 0.1) is 36.5 Å². The number of halogens is 3.